The molecule has 2 heterocycles. The summed E-state index contributed by atoms with van der Waals surface area (Å²) in [5.41, 5.74) is 2.64. The van der Waals surface area contributed by atoms with E-state index in [0.29, 0.717) is 17.2 Å². The fourth-order valence-electron chi connectivity index (χ4n) is 3.92. The maximum Gasteiger partial charge on any atom is 0.276 e. The molecule has 5 rings (SSSR count). The Kier molecular flexibility index (Phi) is 4.92. The van der Waals surface area contributed by atoms with Gasteiger partial charge in [0, 0.05) is 24.3 Å². The lowest BCUT2D eigenvalue weighted by Crippen LogP contribution is -2.27. The monoisotopic (exact) mass is 410 g/mol. The van der Waals surface area contributed by atoms with Crippen LogP contribution in [0.5, 0.6) is 0 Å². The lowest BCUT2D eigenvalue weighted by Gasteiger charge is -2.18. The second-order valence-corrected chi connectivity index (χ2v) is 7.64. The number of anilines is 1. The summed E-state index contributed by atoms with van der Waals surface area (Å²) in [6.45, 7) is 1.87. The van der Waals surface area contributed by atoms with E-state index in [2.05, 4.69) is 20.5 Å². The molecule has 3 aromatic carbocycles. The standard InChI is InChI=1S/C24H22N6O/c25-23(29-13-3-4-14-29)18-7-10-20(11-8-18)27-24(31)22-16-26-28-30(22)21-12-9-17-5-1-2-6-19(17)15-21/h1-2,5-12,15-16,25H,3-4,13-14H2,(H,27,31). The number of carbonyl (C=O) groups excluding carboxylic acids is 1. The molecule has 1 aliphatic heterocycles. The smallest absolute Gasteiger partial charge is 0.276 e. The fourth-order valence-corrected chi connectivity index (χ4v) is 3.92. The zero-order valence-electron chi connectivity index (χ0n) is 17.0. The van der Waals surface area contributed by atoms with Crippen LogP contribution < -0.4 is 5.32 Å². The molecule has 4 aromatic rings. The number of likely N-dealkylation sites (tertiary alicyclic amines) is 1. The van der Waals surface area contributed by atoms with Crippen LogP contribution in [0.3, 0.4) is 0 Å². The highest BCUT2D eigenvalue weighted by Crippen LogP contribution is 2.20. The Bertz CT molecular complexity index is 1250. The molecule has 0 spiro atoms. The quantitative estimate of drug-likeness (QED) is 0.392. The summed E-state index contributed by atoms with van der Waals surface area (Å²) < 4.78 is 1.54. The molecule has 1 saturated heterocycles. The molecule has 1 amide bonds. The fraction of sp³-hybridized carbons (Fsp3) is 0.167. The van der Waals surface area contributed by atoms with Crippen LogP contribution in [0, 0.1) is 5.41 Å². The van der Waals surface area contributed by atoms with Crippen molar-refractivity contribution >= 4 is 28.2 Å². The van der Waals surface area contributed by atoms with E-state index in [0.717, 1.165) is 48.0 Å². The first kappa shape index (κ1) is 19.0. The molecular weight excluding hydrogens is 388 g/mol. The van der Waals surface area contributed by atoms with Crippen LogP contribution in [0.2, 0.25) is 0 Å². The molecule has 2 N–H and O–H groups in total. The number of rotatable bonds is 4. The van der Waals surface area contributed by atoms with E-state index < -0.39 is 0 Å². The number of fused-ring (bicyclic) bond motifs is 1. The second kappa shape index (κ2) is 8.02. The molecule has 154 valence electrons. The van der Waals surface area contributed by atoms with E-state index in [-0.39, 0.29) is 5.91 Å². The van der Waals surface area contributed by atoms with Crippen LogP contribution in [-0.2, 0) is 0 Å². The third-order valence-corrected chi connectivity index (χ3v) is 5.60. The van der Waals surface area contributed by atoms with Crippen molar-refractivity contribution < 1.29 is 4.79 Å². The van der Waals surface area contributed by atoms with E-state index >= 15 is 0 Å². The molecule has 7 nitrogen and oxygen atoms in total. The van der Waals surface area contributed by atoms with Gasteiger partial charge >= 0.3 is 0 Å². The molecule has 1 aliphatic rings. The normalized spacial score (nSPS) is 13.5. The molecule has 0 unspecified atom stereocenters. The van der Waals surface area contributed by atoms with Crippen LogP contribution in [0.1, 0.15) is 28.9 Å². The topological polar surface area (TPSA) is 86.9 Å². The van der Waals surface area contributed by atoms with E-state index in [1.165, 1.54) is 6.20 Å². The molecule has 0 saturated carbocycles. The van der Waals surface area contributed by atoms with Gasteiger partial charge in [0.1, 0.15) is 5.84 Å². The Morgan fingerprint density at radius 3 is 2.45 bits per heavy atom. The van der Waals surface area contributed by atoms with Crippen LogP contribution in [0.25, 0.3) is 16.5 Å². The van der Waals surface area contributed by atoms with Crippen molar-refractivity contribution in [1.29, 1.82) is 5.41 Å². The SMILES string of the molecule is N=C(c1ccc(NC(=O)c2cnnn2-c2ccc3ccccc3c2)cc1)N1CCCC1. The van der Waals surface area contributed by atoms with E-state index in [9.17, 15) is 4.79 Å². The number of nitrogens with zero attached hydrogens (tertiary/aromatic N) is 4. The minimum atomic E-state index is -0.291. The summed E-state index contributed by atoms with van der Waals surface area (Å²) in [6, 6.07) is 21.3. The molecule has 1 fully saturated rings. The van der Waals surface area contributed by atoms with E-state index in [1.54, 1.807) is 4.68 Å². The average molecular weight is 410 g/mol. The molecule has 0 aliphatic carbocycles. The molecule has 0 atom stereocenters. The highest BCUT2D eigenvalue weighted by atomic mass is 16.2. The lowest BCUT2D eigenvalue weighted by atomic mass is 10.1. The molecule has 7 heteroatoms. The molecule has 1 aromatic heterocycles. The summed E-state index contributed by atoms with van der Waals surface area (Å²) in [5.74, 6) is 0.245. The van der Waals surface area contributed by atoms with Gasteiger partial charge in [0.15, 0.2) is 5.69 Å². The summed E-state index contributed by atoms with van der Waals surface area (Å²) in [5, 5.41) is 21.5. The first-order chi connectivity index (χ1) is 15.2. The number of amidine groups is 1. The average Bonchev–Trinajstić information content (AvgIpc) is 3.51. The van der Waals surface area contributed by atoms with Gasteiger partial charge in [-0.3, -0.25) is 10.2 Å². The highest BCUT2D eigenvalue weighted by molar-refractivity contribution is 6.04. The molecular formula is C24H22N6O. The van der Waals surface area contributed by atoms with Gasteiger partial charge in [-0.1, -0.05) is 35.5 Å². The third kappa shape index (κ3) is 3.77. The van der Waals surface area contributed by atoms with Crippen molar-refractivity contribution in [2.75, 3.05) is 18.4 Å². The Morgan fingerprint density at radius 2 is 1.68 bits per heavy atom. The van der Waals surface area contributed by atoms with Crippen molar-refractivity contribution in [2.45, 2.75) is 12.8 Å². The van der Waals surface area contributed by atoms with E-state index in [4.69, 9.17) is 5.41 Å². The van der Waals surface area contributed by atoms with Gasteiger partial charge in [-0.2, -0.15) is 0 Å². The minimum Gasteiger partial charge on any atom is -0.357 e. The van der Waals surface area contributed by atoms with Gasteiger partial charge < -0.3 is 10.2 Å². The van der Waals surface area contributed by atoms with Gasteiger partial charge in [0.2, 0.25) is 0 Å². The van der Waals surface area contributed by atoms with Crippen LogP contribution in [0.4, 0.5) is 5.69 Å². The van der Waals surface area contributed by atoms with Crippen LogP contribution >= 0.6 is 0 Å². The zero-order chi connectivity index (χ0) is 21.2. The van der Waals surface area contributed by atoms with Crippen LogP contribution in [-0.4, -0.2) is 44.7 Å². The first-order valence-electron chi connectivity index (χ1n) is 10.3. The summed E-state index contributed by atoms with van der Waals surface area (Å²) in [6.07, 6.45) is 3.73. The maximum absolute atomic E-state index is 12.9. The summed E-state index contributed by atoms with van der Waals surface area (Å²) in [7, 11) is 0. The van der Waals surface area contributed by atoms with Gasteiger partial charge in [-0.05, 0) is 60.0 Å². The predicted molar refractivity (Wildman–Crippen MR) is 121 cm³/mol. The van der Waals surface area contributed by atoms with Gasteiger partial charge in [-0.25, -0.2) is 4.68 Å². The largest absolute Gasteiger partial charge is 0.357 e. The van der Waals surface area contributed by atoms with Crippen molar-refractivity contribution in [3.05, 3.63) is 84.2 Å². The van der Waals surface area contributed by atoms with Gasteiger partial charge in [0.05, 0.1) is 11.9 Å². The van der Waals surface area contributed by atoms with Crippen molar-refractivity contribution in [1.82, 2.24) is 19.9 Å². The van der Waals surface area contributed by atoms with Crippen LogP contribution in [0.15, 0.2) is 72.9 Å². The van der Waals surface area contributed by atoms with E-state index in [1.807, 2.05) is 66.7 Å². The Morgan fingerprint density at radius 1 is 0.935 bits per heavy atom. The zero-order valence-corrected chi connectivity index (χ0v) is 17.0. The number of amides is 1. The molecule has 31 heavy (non-hydrogen) atoms. The van der Waals surface area contributed by atoms with Crippen molar-refractivity contribution in [3.63, 3.8) is 0 Å². The number of nitrogens with one attached hydrogen (secondary N) is 2. The first-order valence-corrected chi connectivity index (χ1v) is 10.3. The number of carbonyl (C=O) groups is 1. The minimum absolute atomic E-state index is 0.291. The third-order valence-electron chi connectivity index (χ3n) is 5.60. The van der Waals surface area contributed by atoms with Gasteiger partial charge in [-0.15, -0.1) is 5.10 Å². The Hall–Kier alpha value is -4.00. The number of aromatic nitrogens is 3. The van der Waals surface area contributed by atoms with Gasteiger partial charge in [0.25, 0.3) is 5.91 Å². The number of benzene rings is 3. The lowest BCUT2D eigenvalue weighted by molar-refractivity contribution is 0.101. The summed E-state index contributed by atoms with van der Waals surface area (Å²) >= 11 is 0. The Labute approximate surface area is 179 Å². The molecule has 0 radical (unpaired) electrons. The second-order valence-electron chi connectivity index (χ2n) is 7.64. The summed E-state index contributed by atoms with van der Waals surface area (Å²) in [4.78, 5) is 15.0. The highest BCUT2D eigenvalue weighted by Gasteiger charge is 2.18. The van der Waals surface area contributed by atoms with Crippen molar-refractivity contribution in [3.8, 4) is 5.69 Å². The molecule has 0 bridgehead atoms. The number of hydrogen-bond acceptors (Lipinski definition) is 4. The predicted octanol–water partition coefficient (Wildman–Crippen LogP) is 4.09. The number of hydrogen-bond donors (Lipinski definition) is 2. The maximum atomic E-state index is 12.9. The van der Waals surface area contributed by atoms with Crippen molar-refractivity contribution in [2.24, 2.45) is 0 Å². The Balaban J connectivity index is 1.34.